The van der Waals surface area contributed by atoms with E-state index in [4.69, 9.17) is 5.11 Å². The Morgan fingerprint density at radius 1 is 1.44 bits per heavy atom. The van der Waals surface area contributed by atoms with E-state index in [1.54, 1.807) is 23.6 Å². The van der Waals surface area contributed by atoms with Gasteiger partial charge >= 0.3 is 5.97 Å². The zero-order chi connectivity index (χ0) is 11.4. The van der Waals surface area contributed by atoms with E-state index < -0.39 is 5.97 Å². The maximum absolute atomic E-state index is 10.6. The summed E-state index contributed by atoms with van der Waals surface area (Å²) in [5, 5.41) is 14.6. The van der Waals surface area contributed by atoms with Crippen LogP contribution in [0.15, 0.2) is 29.9 Å². The van der Waals surface area contributed by atoms with Crippen molar-refractivity contribution in [2.24, 2.45) is 0 Å². The predicted molar refractivity (Wildman–Crippen MR) is 60.6 cm³/mol. The van der Waals surface area contributed by atoms with E-state index in [9.17, 15) is 4.79 Å². The van der Waals surface area contributed by atoms with Crippen LogP contribution < -0.4 is 5.32 Å². The molecule has 2 aromatic rings. The molecule has 0 bridgehead atoms. The maximum Gasteiger partial charge on any atom is 0.337 e. The molecular weight excluding hydrogens is 226 g/mol. The number of rotatable bonds is 4. The van der Waals surface area contributed by atoms with Gasteiger partial charge < -0.3 is 10.4 Å². The molecule has 0 fully saturated rings. The number of thiazole rings is 1. The van der Waals surface area contributed by atoms with Crippen LogP contribution in [0.5, 0.6) is 0 Å². The second kappa shape index (κ2) is 4.71. The molecular formula is C10H9N3O2S. The first-order chi connectivity index (χ1) is 7.75. The van der Waals surface area contributed by atoms with Gasteiger partial charge in [0.2, 0.25) is 0 Å². The Labute approximate surface area is 95.8 Å². The Kier molecular flexibility index (Phi) is 3.11. The van der Waals surface area contributed by atoms with Gasteiger partial charge in [-0.25, -0.2) is 14.8 Å². The number of carboxylic acids is 1. The number of pyridine rings is 1. The highest BCUT2D eigenvalue weighted by atomic mass is 32.1. The van der Waals surface area contributed by atoms with Gasteiger partial charge in [-0.05, 0) is 12.1 Å². The normalized spacial score (nSPS) is 10.0. The molecule has 0 spiro atoms. The Balaban J connectivity index is 1.98. The largest absolute Gasteiger partial charge is 0.478 e. The van der Waals surface area contributed by atoms with Crippen LogP contribution >= 0.6 is 11.3 Å². The number of aromatic nitrogens is 2. The van der Waals surface area contributed by atoms with Crippen molar-refractivity contribution in [3.8, 4) is 0 Å². The van der Waals surface area contributed by atoms with Crippen molar-refractivity contribution < 1.29 is 9.90 Å². The van der Waals surface area contributed by atoms with Crippen molar-refractivity contribution in [3.63, 3.8) is 0 Å². The monoisotopic (exact) mass is 235 g/mol. The average Bonchev–Trinajstić information content (AvgIpc) is 2.80. The third-order valence-corrected chi connectivity index (χ3v) is 2.69. The van der Waals surface area contributed by atoms with E-state index in [0.29, 0.717) is 12.4 Å². The number of hydrogen-bond acceptors (Lipinski definition) is 5. The molecule has 0 amide bonds. The Hall–Kier alpha value is -1.95. The van der Waals surface area contributed by atoms with E-state index >= 15 is 0 Å². The second-order valence-corrected chi connectivity index (χ2v) is 4.00. The van der Waals surface area contributed by atoms with Crippen LogP contribution in [0.3, 0.4) is 0 Å². The molecule has 2 N–H and O–H groups in total. The molecule has 0 unspecified atom stereocenters. The van der Waals surface area contributed by atoms with Gasteiger partial charge in [-0.2, -0.15) is 0 Å². The summed E-state index contributed by atoms with van der Waals surface area (Å²) < 4.78 is 0. The first kappa shape index (κ1) is 10.6. The van der Waals surface area contributed by atoms with Gasteiger partial charge in [-0.15, -0.1) is 11.3 Å². The SMILES string of the molecule is O=C(O)c1ccc(NCc2nccs2)nc1. The van der Waals surface area contributed by atoms with Crippen LogP contribution in [0.2, 0.25) is 0 Å². The quantitative estimate of drug-likeness (QED) is 0.845. The highest BCUT2D eigenvalue weighted by molar-refractivity contribution is 7.09. The molecule has 0 atom stereocenters. The minimum Gasteiger partial charge on any atom is -0.478 e. The van der Waals surface area contributed by atoms with Crippen molar-refractivity contribution in [3.05, 3.63) is 40.5 Å². The standard InChI is InChI=1S/C10H9N3O2S/c14-10(15)7-1-2-8(12-5-7)13-6-9-11-3-4-16-9/h1-5H,6H2,(H,12,13)(H,14,15). The number of hydrogen-bond donors (Lipinski definition) is 2. The fourth-order valence-corrected chi connectivity index (χ4v) is 1.69. The molecule has 6 heteroatoms. The van der Waals surface area contributed by atoms with Gasteiger partial charge in [0.15, 0.2) is 0 Å². The molecule has 0 aliphatic heterocycles. The Bertz CT molecular complexity index is 467. The minimum atomic E-state index is -0.973. The third kappa shape index (κ3) is 2.54. The molecule has 82 valence electrons. The molecule has 2 rings (SSSR count). The summed E-state index contributed by atoms with van der Waals surface area (Å²) in [7, 11) is 0. The number of aromatic carboxylic acids is 1. The van der Waals surface area contributed by atoms with Crippen LogP contribution in [0.25, 0.3) is 0 Å². The fraction of sp³-hybridized carbons (Fsp3) is 0.100. The first-order valence-electron chi connectivity index (χ1n) is 4.57. The number of nitrogens with one attached hydrogen (secondary N) is 1. The van der Waals surface area contributed by atoms with Crippen LogP contribution in [-0.2, 0) is 6.54 Å². The molecule has 5 nitrogen and oxygen atoms in total. The van der Waals surface area contributed by atoms with Crippen molar-refractivity contribution in [2.75, 3.05) is 5.32 Å². The summed E-state index contributed by atoms with van der Waals surface area (Å²) in [6.45, 7) is 0.594. The molecule has 0 aliphatic carbocycles. The van der Waals surface area contributed by atoms with Gasteiger partial charge in [0, 0.05) is 17.8 Å². The summed E-state index contributed by atoms with van der Waals surface area (Å²) in [6, 6.07) is 3.15. The summed E-state index contributed by atoms with van der Waals surface area (Å²) >= 11 is 1.55. The lowest BCUT2D eigenvalue weighted by Gasteiger charge is -2.02. The van der Waals surface area contributed by atoms with Gasteiger partial charge in [-0.1, -0.05) is 0 Å². The van der Waals surface area contributed by atoms with Crippen molar-refractivity contribution in [1.29, 1.82) is 0 Å². The lowest BCUT2D eigenvalue weighted by molar-refractivity contribution is 0.0696. The highest BCUT2D eigenvalue weighted by Crippen LogP contribution is 2.09. The van der Waals surface area contributed by atoms with E-state index in [1.165, 1.54) is 12.3 Å². The van der Waals surface area contributed by atoms with Gasteiger partial charge in [0.1, 0.15) is 10.8 Å². The number of nitrogens with zero attached hydrogens (tertiary/aromatic N) is 2. The number of anilines is 1. The zero-order valence-corrected chi connectivity index (χ0v) is 9.07. The smallest absolute Gasteiger partial charge is 0.337 e. The van der Waals surface area contributed by atoms with Gasteiger partial charge in [0.25, 0.3) is 0 Å². The summed E-state index contributed by atoms with van der Waals surface area (Å²) in [5.74, 6) is -0.334. The molecule has 2 aromatic heterocycles. The Morgan fingerprint density at radius 2 is 2.31 bits per heavy atom. The van der Waals surface area contributed by atoms with Crippen LogP contribution in [0.1, 0.15) is 15.4 Å². The van der Waals surface area contributed by atoms with Gasteiger partial charge in [0.05, 0.1) is 12.1 Å². The molecule has 16 heavy (non-hydrogen) atoms. The lowest BCUT2D eigenvalue weighted by atomic mass is 10.3. The highest BCUT2D eigenvalue weighted by Gasteiger charge is 2.02. The van der Waals surface area contributed by atoms with Crippen LogP contribution in [-0.4, -0.2) is 21.0 Å². The molecule has 0 radical (unpaired) electrons. The van der Waals surface area contributed by atoms with Gasteiger partial charge in [-0.3, -0.25) is 0 Å². The molecule has 0 aromatic carbocycles. The van der Waals surface area contributed by atoms with E-state index in [1.807, 2.05) is 5.38 Å². The van der Waals surface area contributed by atoms with Crippen molar-refractivity contribution >= 4 is 23.1 Å². The third-order valence-electron chi connectivity index (χ3n) is 1.91. The number of carboxylic acid groups (broad SMARTS) is 1. The average molecular weight is 235 g/mol. The minimum absolute atomic E-state index is 0.180. The molecule has 2 heterocycles. The maximum atomic E-state index is 10.6. The zero-order valence-electron chi connectivity index (χ0n) is 8.25. The number of carbonyl (C=O) groups is 1. The van der Waals surface area contributed by atoms with Crippen LogP contribution in [0, 0.1) is 0 Å². The molecule has 0 saturated heterocycles. The van der Waals surface area contributed by atoms with Crippen molar-refractivity contribution in [2.45, 2.75) is 6.54 Å². The van der Waals surface area contributed by atoms with E-state index in [0.717, 1.165) is 5.01 Å². The molecule has 0 aliphatic rings. The summed E-state index contributed by atoms with van der Waals surface area (Å²) in [4.78, 5) is 18.7. The predicted octanol–water partition coefficient (Wildman–Crippen LogP) is 1.85. The Morgan fingerprint density at radius 3 is 2.88 bits per heavy atom. The summed E-state index contributed by atoms with van der Waals surface area (Å²) in [6.07, 6.45) is 3.06. The lowest BCUT2D eigenvalue weighted by Crippen LogP contribution is -2.02. The second-order valence-electron chi connectivity index (χ2n) is 3.02. The molecule has 0 saturated carbocycles. The summed E-state index contributed by atoms with van der Waals surface area (Å²) in [5.41, 5.74) is 0.180. The fourth-order valence-electron chi connectivity index (χ4n) is 1.13. The topological polar surface area (TPSA) is 75.1 Å². The van der Waals surface area contributed by atoms with E-state index in [-0.39, 0.29) is 5.56 Å². The van der Waals surface area contributed by atoms with Crippen molar-refractivity contribution in [1.82, 2.24) is 9.97 Å². The van der Waals surface area contributed by atoms with E-state index in [2.05, 4.69) is 15.3 Å². The first-order valence-corrected chi connectivity index (χ1v) is 5.45. The van der Waals surface area contributed by atoms with Crippen LogP contribution in [0.4, 0.5) is 5.82 Å².